The van der Waals surface area contributed by atoms with Gasteiger partial charge in [0.25, 0.3) is 10.0 Å². The Morgan fingerprint density at radius 3 is 3.05 bits per heavy atom. The molecule has 1 fully saturated rings. The predicted octanol–water partition coefficient (Wildman–Crippen LogP) is 1.54. The number of thiophene rings is 1. The van der Waals surface area contributed by atoms with Gasteiger partial charge in [-0.15, -0.1) is 21.5 Å². The number of rotatable bonds is 4. The third kappa shape index (κ3) is 2.27. The second-order valence-corrected chi connectivity index (χ2v) is 7.86. The largest absolute Gasteiger partial charge is 0.313 e. The molecule has 2 aromatic rings. The average molecular weight is 312 g/mol. The van der Waals surface area contributed by atoms with Crippen LogP contribution in [0.25, 0.3) is 0 Å². The summed E-state index contributed by atoms with van der Waals surface area (Å²) in [6, 6.07) is 3.55. The minimum atomic E-state index is -3.34. The van der Waals surface area contributed by atoms with Gasteiger partial charge in [0, 0.05) is 19.5 Å². The maximum atomic E-state index is 12.5. The SMILES string of the molecule is CCc1nncn1[C@@H]1CCN(S(=O)(=O)c2cccs2)C1. The highest BCUT2D eigenvalue weighted by Crippen LogP contribution is 2.29. The molecule has 6 nitrogen and oxygen atoms in total. The minimum absolute atomic E-state index is 0.134. The number of sulfonamides is 1. The molecule has 3 rings (SSSR count). The molecule has 0 bridgehead atoms. The molecule has 8 heteroatoms. The highest BCUT2D eigenvalue weighted by Gasteiger charge is 2.34. The molecule has 0 aliphatic carbocycles. The number of nitrogens with zero attached hydrogens (tertiary/aromatic N) is 4. The van der Waals surface area contributed by atoms with Crippen LogP contribution in [0.2, 0.25) is 0 Å². The van der Waals surface area contributed by atoms with Gasteiger partial charge in [0.1, 0.15) is 16.4 Å². The lowest BCUT2D eigenvalue weighted by atomic mass is 10.2. The van der Waals surface area contributed by atoms with Crippen LogP contribution >= 0.6 is 11.3 Å². The molecule has 1 saturated heterocycles. The van der Waals surface area contributed by atoms with Gasteiger partial charge in [0.15, 0.2) is 0 Å². The molecular weight excluding hydrogens is 296 g/mol. The van der Waals surface area contributed by atoms with Gasteiger partial charge in [-0.3, -0.25) is 0 Å². The van der Waals surface area contributed by atoms with Crippen molar-refractivity contribution in [3.05, 3.63) is 29.7 Å². The summed E-state index contributed by atoms with van der Waals surface area (Å²) in [7, 11) is -3.34. The van der Waals surface area contributed by atoms with E-state index >= 15 is 0 Å². The molecule has 0 aromatic carbocycles. The first-order valence-corrected chi connectivity index (χ1v) is 8.87. The molecule has 1 atom stereocenters. The highest BCUT2D eigenvalue weighted by molar-refractivity contribution is 7.91. The van der Waals surface area contributed by atoms with Gasteiger partial charge in [-0.25, -0.2) is 8.42 Å². The quantitative estimate of drug-likeness (QED) is 0.859. The Morgan fingerprint density at radius 2 is 2.35 bits per heavy atom. The van der Waals surface area contributed by atoms with Gasteiger partial charge in [0.2, 0.25) is 0 Å². The molecule has 108 valence electrons. The summed E-state index contributed by atoms with van der Waals surface area (Å²) in [6.07, 6.45) is 3.30. The van der Waals surface area contributed by atoms with E-state index in [4.69, 9.17) is 0 Å². The summed E-state index contributed by atoms with van der Waals surface area (Å²) < 4.78 is 28.9. The Balaban J connectivity index is 1.81. The van der Waals surface area contributed by atoms with E-state index in [-0.39, 0.29) is 6.04 Å². The fraction of sp³-hybridized carbons (Fsp3) is 0.500. The van der Waals surface area contributed by atoms with E-state index in [1.807, 2.05) is 11.5 Å². The number of aromatic nitrogens is 3. The van der Waals surface area contributed by atoms with Crippen molar-refractivity contribution in [2.24, 2.45) is 0 Å². The van der Waals surface area contributed by atoms with E-state index in [9.17, 15) is 8.42 Å². The summed E-state index contributed by atoms with van der Waals surface area (Å²) in [5.41, 5.74) is 0. The zero-order valence-corrected chi connectivity index (χ0v) is 12.8. The maximum absolute atomic E-state index is 12.5. The second-order valence-electron chi connectivity index (χ2n) is 4.75. The third-order valence-electron chi connectivity index (χ3n) is 3.57. The summed E-state index contributed by atoms with van der Waals surface area (Å²) in [5.74, 6) is 0.908. The first-order valence-electron chi connectivity index (χ1n) is 6.55. The van der Waals surface area contributed by atoms with Crippen molar-refractivity contribution < 1.29 is 8.42 Å². The van der Waals surface area contributed by atoms with Gasteiger partial charge >= 0.3 is 0 Å². The van der Waals surface area contributed by atoms with E-state index in [0.29, 0.717) is 17.3 Å². The minimum Gasteiger partial charge on any atom is -0.313 e. The summed E-state index contributed by atoms with van der Waals surface area (Å²) >= 11 is 1.26. The Morgan fingerprint density at radius 1 is 1.50 bits per heavy atom. The second kappa shape index (κ2) is 5.27. The van der Waals surface area contributed by atoms with E-state index in [1.165, 1.54) is 11.3 Å². The van der Waals surface area contributed by atoms with Crippen LogP contribution in [0.1, 0.15) is 25.2 Å². The van der Waals surface area contributed by atoms with Gasteiger partial charge in [0.05, 0.1) is 6.04 Å². The van der Waals surface area contributed by atoms with Gasteiger partial charge in [-0.05, 0) is 17.9 Å². The zero-order chi connectivity index (χ0) is 14.2. The van der Waals surface area contributed by atoms with Crippen LogP contribution in [-0.2, 0) is 16.4 Å². The Kier molecular flexibility index (Phi) is 3.61. The van der Waals surface area contributed by atoms with Crippen LogP contribution in [0.5, 0.6) is 0 Å². The summed E-state index contributed by atoms with van der Waals surface area (Å²) in [4.78, 5) is 0. The topological polar surface area (TPSA) is 68.1 Å². The lowest BCUT2D eigenvalue weighted by Crippen LogP contribution is -2.28. The maximum Gasteiger partial charge on any atom is 0.252 e. The first kappa shape index (κ1) is 13.7. The van der Waals surface area contributed by atoms with Crippen LogP contribution in [0.4, 0.5) is 0 Å². The Bertz CT molecular complexity index is 678. The predicted molar refractivity (Wildman–Crippen MR) is 76.1 cm³/mol. The van der Waals surface area contributed by atoms with E-state index in [2.05, 4.69) is 10.2 Å². The highest BCUT2D eigenvalue weighted by atomic mass is 32.2. The van der Waals surface area contributed by atoms with Crippen molar-refractivity contribution in [3.8, 4) is 0 Å². The molecule has 0 amide bonds. The molecule has 3 heterocycles. The standard InChI is InChI=1S/C12H16N4O2S2/c1-2-11-14-13-9-16(11)10-5-6-15(8-10)20(17,18)12-4-3-7-19-12/h3-4,7,9-10H,2,5-6,8H2,1H3/t10-/m1/s1. The summed E-state index contributed by atoms with van der Waals surface area (Å²) in [6.45, 7) is 3.06. The van der Waals surface area contributed by atoms with Crippen molar-refractivity contribution in [2.45, 2.75) is 30.0 Å². The molecule has 1 aliphatic heterocycles. The Labute approximate surface area is 122 Å². The monoisotopic (exact) mass is 312 g/mol. The summed E-state index contributed by atoms with van der Waals surface area (Å²) in [5, 5.41) is 9.77. The molecule has 0 N–H and O–H groups in total. The van der Waals surface area contributed by atoms with Crippen LogP contribution in [0, 0.1) is 0 Å². The number of aryl methyl sites for hydroxylation is 1. The molecule has 0 unspecified atom stereocenters. The number of hydrogen-bond donors (Lipinski definition) is 0. The van der Waals surface area contributed by atoms with Crippen LogP contribution in [-0.4, -0.2) is 40.6 Å². The third-order valence-corrected chi connectivity index (χ3v) is 6.81. The van der Waals surface area contributed by atoms with E-state index in [1.54, 1.807) is 28.1 Å². The van der Waals surface area contributed by atoms with Crippen LogP contribution < -0.4 is 0 Å². The first-order chi connectivity index (χ1) is 9.63. The molecule has 1 aliphatic rings. The van der Waals surface area contributed by atoms with Crippen molar-refractivity contribution in [1.29, 1.82) is 0 Å². The molecular formula is C12H16N4O2S2. The van der Waals surface area contributed by atoms with Gasteiger partial charge < -0.3 is 4.57 Å². The lowest BCUT2D eigenvalue weighted by molar-refractivity contribution is 0.448. The molecule has 20 heavy (non-hydrogen) atoms. The van der Waals surface area contributed by atoms with Crippen LogP contribution in [0.15, 0.2) is 28.0 Å². The van der Waals surface area contributed by atoms with E-state index in [0.717, 1.165) is 18.7 Å². The molecule has 2 aromatic heterocycles. The molecule has 0 spiro atoms. The average Bonchev–Trinajstić information content (AvgIpc) is 3.18. The van der Waals surface area contributed by atoms with Crippen molar-refractivity contribution in [3.63, 3.8) is 0 Å². The lowest BCUT2D eigenvalue weighted by Gasteiger charge is -2.16. The normalized spacial score (nSPS) is 20.6. The van der Waals surface area contributed by atoms with E-state index < -0.39 is 10.0 Å². The van der Waals surface area contributed by atoms with Crippen LogP contribution in [0.3, 0.4) is 0 Å². The van der Waals surface area contributed by atoms with Crippen molar-refractivity contribution in [1.82, 2.24) is 19.1 Å². The van der Waals surface area contributed by atoms with Crippen molar-refractivity contribution in [2.75, 3.05) is 13.1 Å². The zero-order valence-electron chi connectivity index (χ0n) is 11.1. The fourth-order valence-corrected chi connectivity index (χ4v) is 5.16. The number of hydrogen-bond acceptors (Lipinski definition) is 5. The Hall–Kier alpha value is -1.25. The molecule has 0 radical (unpaired) electrons. The molecule has 0 saturated carbocycles. The van der Waals surface area contributed by atoms with Gasteiger partial charge in [-0.1, -0.05) is 13.0 Å². The fourth-order valence-electron chi connectivity index (χ4n) is 2.52. The smallest absolute Gasteiger partial charge is 0.252 e. The van der Waals surface area contributed by atoms with Gasteiger partial charge in [-0.2, -0.15) is 4.31 Å². The van der Waals surface area contributed by atoms with Crippen molar-refractivity contribution >= 4 is 21.4 Å².